The molecule has 0 unspecified atom stereocenters. The molecule has 0 spiro atoms. The van der Waals surface area contributed by atoms with Crippen LogP contribution in [0.3, 0.4) is 0 Å². The van der Waals surface area contributed by atoms with Crippen LogP contribution in [0.4, 0.5) is 15.1 Å². The van der Waals surface area contributed by atoms with Gasteiger partial charge in [0.2, 0.25) is 5.88 Å². The molecule has 0 fully saturated rings. The predicted molar refractivity (Wildman–Crippen MR) is 55.5 cm³/mol. The SMILES string of the molecule is O=C(O)Nc1cc2c(Br)c(F)ccc2o1. The van der Waals surface area contributed by atoms with Gasteiger partial charge >= 0.3 is 6.09 Å². The number of hydrogen-bond donors (Lipinski definition) is 2. The number of benzene rings is 1. The van der Waals surface area contributed by atoms with Crippen LogP contribution in [0.5, 0.6) is 0 Å². The van der Waals surface area contributed by atoms with Gasteiger partial charge in [-0.1, -0.05) is 0 Å². The van der Waals surface area contributed by atoms with E-state index in [0.29, 0.717) is 11.0 Å². The predicted octanol–water partition coefficient (Wildman–Crippen LogP) is 3.42. The van der Waals surface area contributed by atoms with Crippen LogP contribution < -0.4 is 5.32 Å². The van der Waals surface area contributed by atoms with Gasteiger partial charge in [0, 0.05) is 11.5 Å². The van der Waals surface area contributed by atoms with E-state index in [9.17, 15) is 9.18 Å². The Morgan fingerprint density at radius 1 is 1.53 bits per heavy atom. The highest BCUT2D eigenvalue weighted by Gasteiger charge is 2.11. The molecule has 6 heteroatoms. The molecule has 0 atom stereocenters. The Kier molecular flexibility index (Phi) is 2.36. The van der Waals surface area contributed by atoms with Crippen LogP contribution in [0.25, 0.3) is 11.0 Å². The smallest absolute Gasteiger partial charge is 0.411 e. The van der Waals surface area contributed by atoms with Crippen molar-refractivity contribution in [3.8, 4) is 0 Å². The number of nitrogens with one attached hydrogen (secondary N) is 1. The van der Waals surface area contributed by atoms with Crippen molar-refractivity contribution in [1.29, 1.82) is 0 Å². The summed E-state index contributed by atoms with van der Waals surface area (Å²) in [7, 11) is 0. The summed E-state index contributed by atoms with van der Waals surface area (Å²) in [6.07, 6.45) is -1.23. The highest BCUT2D eigenvalue weighted by molar-refractivity contribution is 9.10. The Balaban J connectivity index is 2.56. The standard InChI is InChI=1S/C9H5BrFNO3/c10-8-4-3-7(12-9(13)14)15-6(4)2-1-5(8)11/h1-3,12H,(H,13,14). The van der Waals surface area contributed by atoms with Crippen LogP contribution in [0.1, 0.15) is 0 Å². The van der Waals surface area contributed by atoms with Crippen molar-refractivity contribution in [3.63, 3.8) is 0 Å². The molecule has 0 bridgehead atoms. The molecule has 0 aliphatic carbocycles. The minimum absolute atomic E-state index is 0.0591. The monoisotopic (exact) mass is 273 g/mol. The summed E-state index contributed by atoms with van der Waals surface area (Å²) in [5, 5.41) is 11.0. The van der Waals surface area contributed by atoms with Crippen molar-refractivity contribution < 1.29 is 18.7 Å². The average molecular weight is 274 g/mol. The molecule has 1 heterocycles. The number of carboxylic acid groups (broad SMARTS) is 1. The van der Waals surface area contributed by atoms with Gasteiger partial charge in [-0.2, -0.15) is 0 Å². The van der Waals surface area contributed by atoms with E-state index in [1.807, 2.05) is 5.32 Å². The number of hydrogen-bond acceptors (Lipinski definition) is 2. The van der Waals surface area contributed by atoms with Gasteiger partial charge < -0.3 is 9.52 Å². The first-order valence-corrected chi connectivity index (χ1v) is 4.74. The van der Waals surface area contributed by atoms with Crippen LogP contribution in [0, 0.1) is 5.82 Å². The summed E-state index contributed by atoms with van der Waals surface area (Å²) in [6.45, 7) is 0. The van der Waals surface area contributed by atoms with Gasteiger partial charge in [-0.15, -0.1) is 0 Å². The van der Waals surface area contributed by atoms with E-state index in [4.69, 9.17) is 9.52 Å². The first-order valence-electron chi connectivity index (χ1n) is 3.95. The first-order chi connectivity index (χ1) is 7.08. The molecule has 0 saturated carbocycles. The molecule has 0 radical (unpaired) electrons. The molecule has 4 nitrogen and oxygen atoms in total. The molecular weight excluding hydrogens is 269 g/mol. The van der Waals surface area contributed by atoms with Crippen molar-refractivity contribution in [1.82, 2.24) is 0 Å². The third-order valence-corrected chi connectivity index (χ3v) is 2.62. The molecular formula is C9H5BrFNO3. The Labute approximate surface area is 91.8 Å². The fourth-order valence-corrected chi connectivity index (χ4v) is 1.66. The zero-order chi connectivity index (χ0) is 11.0. The fraction of sp³-hybridized carbons (Fsp3) is 0. The van der Waals surface area contributed by atoms with Gasteiger partial charge in [-0.25, -0.2) is 9.18 Å². The van der Waals surface area contributed by atoms with Gasteiger partial charge in [0.15, 0.2) is 0 Å². The molecule has 2 rings (SSSR count). The zero-order valence-corrected chi connectivity index (χ0v) is 8.84. The Morgan fingerprint density at radius 3 is 2.93 bits per heavy atom. The Bertz CT molecular complexity index is 537. The summed E-state index contributed by atoms with van der Waals surface area (Å²) in [5.74, 6) is -0.367. The van der Waals surface area contributed by atoms with Crippen LogP contribution in [0.15, 0.2) is 27.1 Å². The van der Waals surface area contributed by atoms with E-state index in [0.717, 1.165) is 0 Å². The van der Waals surface area contributed by atoms with Gasteiger partial charge in [0.1, 0.15) is 11.4 Å². The molecule has 1 aromatic carbocycles. The number of furan rings is 1. The lowest BCUT2D eigenvalue weighted by Crippen LogP contribution is -2.05. The number of fused-ring (bicyclic) bond motifs is 1. The molecule has 15 heavy (non-hydrogen) atoms. The fourth-order valence-electron chi connectivity index (χ4n) is 1.22. The number of anilines is 1. The van der Waals surface area contributed by atoms with Crippen LogP contribution in [0.2, 0.25) is 0 Å². The normalized spacial score (nSPS) is 10.5. The molecule has 0 saturated heterocycles. The van der Waals surface area contributed by atoms with Crippen molar-refractivity contribution >= 4 is 38.9 Å². The number of halogens is 2. The van der Waals surface area contributed by atoms with E-state index in [-0.39, 0.29) is 10.4 Å². The Morgan fingerprint density at radius 2 is 2.27 bits per heavy atom. The third kappa shape index (κ3) is 1.80. The Hall–Kier alpha value is -1.56. The molecule has 78 valence electrons. The second-order valence-electron chi connectivity index (χ2n) is 2.81. The third-order valence-electron chi connectivity index (χ3n) is 1.82. The largest absolute Gasteiger partial charge is 0.465 e. The molecule has 0 aliphatic heterocycles. The maximum atomic E-state index is 13.1. The van der Waals surface area contributed by atoms with E-state index in [2.05, 4.69) is 15.9 Å². The number of amides is 1. The summed E-state index contributed by atoms with van der Waals surface area (Å²) in [4.78, 5) is 10.3. The van der Waals surface area contributed by atoms with Gasteiger partial charge in [0.25, 0.3) is 0 Å². The molecule has 0 aliphatic rings. The number of rotatable bonds is 1. The van der Waals surface area contributed by atoms with Crippen molar-refractivity contribution in [2.45, 2.75) is 0 Å². The van der Waals surface area contributed by atoms with Gasteiger partial charge in [0.05, 0.1) is 4.47 Å². The van der Waals surface area contributed by atoms with Crippen molar-refractivity contribution in [3.05, 3.63) is 28.5 Å². The van der Waals surface area contributed by atoms with E-state index < -0.39 is 11.9 Å². The lowest BCUT2D eigenvalue weighted by atomic mass is 10.2. The quantitative estimate of drug-likeness (QED) is 0.837. The van der Waals surface area contributed by atoms with E-state index in [1.165, 1.54) is 18.2 Å². The van der Waals surface area contributed by atoms with Crippen LogP contribution >= 0.6 is 15.9 Å². The highest BCUT2D eigenvalue weighted by Crippen LogP contribution is 2.31. The topological polar surface area (TPSA) is 62.5 Å². The maximum absolute atomic E-state index is 13.1. The second kappa shape index (κ2) is 3.54. The lowest BCUT2D eigenvalue weighted by Gasteiger charge is -1.93. The van der Waals surface area contributed by atoms with Crippen LogP contribution in [-0.4, -0.2) is 11.2 Å². The molecule has 2 N–H and O–H groups in total. The highest BCUT2D eigenvalue weighted by atomic mass is 79.9. The van der Waals surface area contributed by atoms with E-state index >= 15 is 0 Å². The summed E-state index contributed by atoms with van der Waals surface area (Å²) in [6, 6.07) is 4.08. The zero-order valence-electron chi connectivity index (χ0n) is 7.25. The summed E-state index contributed by atoms with van der Waals surface area (Å²) in [5.41, 5.74) is 0.409. The lowest BCUT2D eigenvalue weighted by molar-refractivity contribution is 0.209. The summed E-state index contributed by atoms with van der Waals surface area (Å²) >= 11 is 3.05. The van der Waals surface area contributed by atoms with E-state index in [1.54, 1.807) is 0 Å². The molecule has 1 amide bonds. The molecule has 1 aromatic heterocycles. The molecule has 2 aromatic rings. The minimum Gasteiger partial charge on any atom is -0.465 e. The van der Waals surface area contributed by atoms with Gasteiger partial charge in [-0.3, -0.25) is 5.32 Å². The van der Waals surface area contributed by atoms with Gasteiger partial charge in [-0.05, 0) is 28.1 Å². The summed E-state index contributed by atoms with van der Waals surface area (Å²) < 4.78 is 18.5. The maximum Gasteiger partial charge on any atom is 0.411 e. The number of carbonyl (C=O) groups is 1. The van der Waals surface area contributed by atoms with Crippen molar-refractivity contribution in [2.24, 2.45) is 0 Å². The average Bonchev–Trinajstić information content (AvgIpc) is 2.54. The first kappa shape index (κ1) is 9.97. The van der Waals surface area contributed by atoms with Crippen molar-refractivity contribution in [2.75, 3.05) is 5.32 Å². The van der Waals surface area contributed by atoms with Crippen LogP contribution in [-0.2, 0) is 0 Å². The second-order valence-corrected chi connectivity index (χ2v) is 3.61. The minimum atomic E-state index is -1.23.